The molecule has 1 aromatic heterocycles. The standard InChI is InChI=1S/C25H19N5O2S2/c31-22-20(16-26-24-28-27-21(34-24)17-10-4-1-5-11-17)23(32)30(19-14-8-3-9-15-19)25(33)29(22)18-12-6-2-7-13-18/h1-15,20H,16H2,(H,26,28). The number of nitrogens with zero attached hydrogens (tertiary/aromatic N) is 4. The molecule has 9 heteroatoms. The smallest absolute Gasteiger partial charge is 0.247 e. The summed E-state index contributed by atoms with van der Waals surface area (Å²) >= 11 is 6.99. The molecule has 0 unspecified atom stereocenters. The van der Waals surface area contributed by atoms with E-state index in [4.69, 9.17) is 12.2 Å². The van der Waals surface area contributed by atoms with Crippen molar-refractivity contribution >= 4 is 57.0 Å². The van der Waals surface area contributed by atoms with Gasteiger partial charge in [0, 0.05) is 12.1 Å². The van der Waals surface area contributed by atoms with E-state index in [-0.39, 0.29) is 23.5 Å². The Balaban J connectivity index is 1.43. The van der Waals surface area contributed by atoms with Gasteiger partial charge in [0.1, 0.15) is 10.9 Å². The van der Waals surface area contributed by atoms with Gasteiger partial charge in [-0.1, -0.05) is 78.1 Å². The first-order valence-corrected chi connectivity index (χ1v) is 11.8. The maximum Gasteiger partial charge on any atom is 0.247 e. The molecule has 0 radical (unpaired) electrons. The summed E-state index contributed by atoms with van der Waals surface area (Å²) in [7, 11) is 0. The number of para-hydroxylation sites is 2. The number of hydrogen-bond acceptors (Lipinski definition) is 7. The Kier molecular flexibility index (Phi) is 6.11. The molecule has 3 aromatic carbocycles. The molecule has 0 saturated carbocycles. The Bertz CT molecular complexity index is 1270. The molecule has 5 rings (SSSR count). The van der Waals surface area contributed by atoms with E-state index in [0.29, 0.717) is 16.5 Å². The van der Waals surface area contributed by atoms with Gasteiger partial charge in [0.25, 0.3) is 0 Å². The van der Waals surface area contributed by atoms with Crippen LogP contribution in [0.25, 0.3) is 10.6 Å². The number of nitrogens with one attached hydrogen (secondary N) is 1. The van der Waals surface area contributed by atoms with Crippen LogP contribution < -0.4 is 15.1 Å². The van der Waals surface area contributed by atoms with E-state index in [9.17, 15) is 9.59 Å². The zero-order valence-corrected chi connectivity index (χ0v) is 19.5. The van der Waals surface area contributed by atoms with Crippen molar-refractivity contribution in [3.63, 3.8) is 0 Å². The molecule has 4 aromatic rings. The van der Waals surface area contributed by atoms with Gasteiger partial charge in [-0.2, -0.15) is 0 Å². The Morgan fingerprint density at radius 1 is 0.765 bits per heavy atom. The van der Waals surface area contributed by atoms with E-state index >= 15 is 0 Å². The molecule has 0 spiro atoms. The summed E-state index contributed by atoms with van der Waals surface area (Å²) in [5, 5.41) is 12.9. The van der Waals surface area contributed by atoms with Crippen LogP contribution in [0, 0.1) is 5.92 Å². The van der Waals surface area contributed by atoms with Gasteiger partial charge in [-0.15, -0.1) is 10.2 Å². The molecule has 1 fully saturated rings. The summed E-state index contributed by atoms with van der Waals surface area (Å²) in [4.78, 5) is 29.8. The van der Waals surface area contributed by atoms with Crippen molar-refractivity contribution < 1.29 is 9.59 Å². The maximum absolute atomic E-state index is 13.5. The first-order valence-electron chi connectivity index (χ1n) is 10.6. The number of amides is 2. The zero-order chi connectivity index (χ0) is 23.5. The molecule has 2 amide bonds. The molecule has 7 nitrogen and oxygen atoms in total. The second-order valence-electron chi connectivity index (χ2n) is 7.51. The van der Waals surface area contributed by atoms with E-state index in [1.165, 1.54) is 21.1 Å². The van der Waals surface area contributed by atoms with E-state index in [0.717, 1.165) is 10.6 Å². The minimum absolute atomic E-state index is 0.0658. The number of hydrogen-bond donors (Lipinski definition) is 1. The summed E-state index contributed by atoms with van der Waals surface area (Å²) in [6.45, 7) is 0.0658. The molecular weight excluding hydrogens is 466 g/mol. The number of anilines is 3. The Hall–Kier alpha value is -3.95. The van der Waals surface area contributed by atoms with Crippen LogP contribution in [0.15, 0.2) is 91.0 Å². The van der Waals surface area contributed by atoms with Gasteiger partial charge in [-0.25, -0.2) is 0 Å². The molecule has 1 aliphatic heterocycles. The summed E-state index contributed by atoms with van der Waals surface area (Å²) in [6, 6.07) is 27.9. The molecule has 0 aliphatic carbocycles. The highest BCUT2D eigenvalue weighted by Crippen LogP contribution is 2.30. The van der Waals surface area contributed by atoms with Crippen LogP contribution in [-0.4, -0.2) is 33.7 Å². The lowest BCUT2D eigenvalue weighted by Crippen LogP contribution is -2.61. The van der Waals surface area contributed by atoms with Gasteiger partial charge in [-0.05, 0) is 36.5 Å². The van der Waals surface area contributed by atoms with Crippen molar-refractivity contribution in [2.45, 2.75) is 0 Å². The number of carbonyl (C=O) groups is 2. The van der Waals surface area contributed by atoms with Crippen LogP contribution in [-0.2, 0) is 9.59 Å². The highest BCUT2D eigenvalue weighted by atomic mass is 32.1. The van der Waals surface area contributed by atoms with Crippen LogP contribution in [0.4, 0.5) is 16.5 Å². The van der Waals surface area contributed by atoms with Gasteiger partial charge in [0.2, 0.25) is 16.9 Å². The van der Waals surface area contributed by atoms with E-state index in [1.54, 1.807) is 24.3 Å². The molecule has 0 bridgehead atoms. The van der Waals surface area contributed by atoms with Crippen LogP contribution >= 0.6 is 23.6 Å². The first-order chi connectivity index (χ1) is 16.6. The van der Waals surface area contributed by atoms with Crippen LogP contribution in [0.5, 0.6) is 0 Å². The molecule has 1 saturated heterocycles. The molecule has 2 heterocycles. The quantitative estimate of drug-likeness (QED) is 0.318. The number of thiocarbonyl (C=S) groups is 1. The normalized spacial score (nSPS) is 14.5. The van der Waals surface area contributed by atoms with Crippen molar-refractivity contribution in [2.75, 3.05) is 21.7 Å². The third kappa shape index (κ3) is 4.18. The Morgan fingerprint density at radius 2 is 1.26 bits per heavy atom. The number of benzene rings is 3. The number of carbonyl (C=O) groups excluding carboxylic acids is 2. The first kappa shape index (κ1) is 21.9. The van der Waals surface area contributed by atoms with E-state index in [2.05, 4.69) is 15.5 Å². The fraction of sp³-hybridized carbons (Fsp3) is 0.0800. The van der Waals surface area contributed by atoms with Crippen LogP contribution in [0.1, 0.15) is 0 Å². The lowest BCUT2D eigenvalue weighted by Gasteiger charge is -2.39. The second kappa shape index (κ2) is 9.50. The average molecular weight is 486 g/mol. The minimum Gasteiger partial charge on any atom is -0.359 e. The van der Waals surface area contributed by atoms with E-state index < -0.39 is 5.92 Å². The minimum atomic E-state index is -0.990. The number of rotatable bonds is 6. The molecule has 168 valence electrons. The predicted molar refractivity (Wildman–Crippen MR) is 138 cm³/mol. The molecular formula is C25H19N5O2S2. The Morgan fingerprint density at radius 3 is 1.79 bits per heavy atom. The molecule has 1 aliphatic rings. The summed E-state index contributed by atoms with van der Waals surface area (Å²) in [5.41, 5.74) is 2.17. The van der Waals surface area contributed by atoms with Crippen LogP contribution in [0.2, 0.25) is 0 Å². The van der Waals surface area contributed by atoms with Gasteiger partial charge in [0.05, 0.1) is 11.4 Å². The monoisotopic (exact) mass is 485 g/mol. The average Bonchev–Trinajstić information content (AvgIpc) is 3.35. The molecule has 0 atom stereocenters. The Labute approximate surface area is 205 Å². The third-order valence-corrected chi connectivity index (χ3v) is 6.65. The summed E-state index contributed by atoms with van der Waals surface area (Å²) in [5.74, 6) is -1.75. The van der Waals surface area contributed by atoms with Gasteiger partial charge in [0.15, 0.2) is 5.11 Å². The van der Waals surface area contributed by atoms with Gasteiger partial charge >= 0.3 is 0 Å². The SMILES string of the molecule is O=C1C(CNc2nnc(-c3ccccc3)s2)C(=O)N(c2ccccc2)C(=S)N1c1ccccc1. The largest absolute Gasteiger partial charge is 0.359 e. The highest BCUT2D eigenvalue weighted by Gasteiger charge is 2.45. The van der Waals surface area contributed by atoms with Gasteiger partial charge in [-0.3, -0.25) is 19.4 Å². The lowest BCUT2D eigenvalue weighted by atomic mass is 10.0. The van der Waals surface area contributed by atoms with Gasteiger partial charge < -0.3 is 5.32 Å². The van der Waals surface area contributed by atoms with Crippen LogP contribution in [0.3, 0.4) is 0 Å². The highest BCUT2D eigenvalue weighted by molar-refractivity contribution is 7.81. The summed E-state index contributed by atoms with van der Waals surface area (Å²) < 4.78 is 0. The number of aromatic nitrogens is 2. The maximum atomic E-state index is 13.5. The molecule has 34 heavy (non-hydrogen) atoms. The van der Waals surface area contributed by atoms with Crippen molar-refractivity contribution in [3.8, 4) is 10.6 Å². The fourth-order valence-electron chi connectivity index (χ4n) is 3.69. The lowest BCUT2D eigenvalue weighted by molar-refractivity contribution is -0.131. The van der Waals surface area contributed by atoms with Crippen molar-refractivity contribution in [2.24, 2.45) is 5.92 Å². The van der Waals surface area contributed by atoms with E-state index in [1.807, 2.05) is 66.7 Å². The third-order valence-electron chi connectivity index (χ3n) is 5.35. The van der Waals surface area contributed by atoms with Crippen molar-refractivity contribution in [1.82, 2.24) is 10.2 Å². The topological polar surface area (TPSA) is 78.4 Å². The van der Waals surface area contributed by atoms with Crippen molar-refractivity contribution in [1.29, 1.82) is 0 Å². The molecule has 1 N–H and O–H groups in total. The predicted octanol–water partition coefficient (Wildman–Crippen LogP) is 4.60. The van der Waals surface area contributed by atoms with Crippen molar-refractivity contribution in [3.05, 3.63) is 91.0 Å². The summed E-state index contributed by atoms with van der Waals surface area (Å²) in [6.07, 6.45) is 0. The second-order valence-corrected chi connectivity index (χ2v) is 8.86. The zero-order valence-electron chi connectivity index (χ0n) is 17.9. The fourth-order valence-corrected chi connectivity index (χ4v) is 4.84.